The number of aliphatic hydroxyl groups is 1. The van der Waals surface area contributed by atoms with Gasteiger partial charge in [0.15, 0.2) is 5.78 Å². The van der Waals surface area contributed by atoms with Gasteiger partial charge in [-0.25, -0.2) is 22.4 Å². The molecule has 1 aliphatic rings. The number of benzene rings is 2. The highest BCUT2D eigenvalue weighted by Gasteiger charge is 2.38. The monoisotopic (exact) mass is 1130 g/mol. The zero-order valence-electron chi connectivity index (χ0n) is 47.2. The second kappa shape index (κ2) is 34.0. The first kappa shape index (κ1) is 68.8. The number of amides is 7. The molecule has 442 valence electrons. The van der Waals surface area contributed by atoms with E-state index in [9.17, 15) is 66.5 Å². The van der Waals surface area contributed by atoms with Crippen LogP contribution in [0.25, 0.3) is 11.1 Å². The van der Waals surface area contributed by atoms with Crippen molar-refractivity contribution in [1.82, 2.24) is 35.6 Å². The van der Waals surface area contributed by atoms with Crippen LogP contribution in [0, 0.1) is 23.0 Å². The normalized spacial score (nSPS) is 13.9. The van der Waals surface area contributed by atoms with Gasteiger partial charge in [-0.1, -0.05) is 85.2 Å². The highest BCUT2D eigenvalue weighted by Crippen LogP contribution is 2.41. The number of unbranched alkanes of at least 4 members (excludes halogenated alkanes) is 3. The molecule has 0 fully saturated rings. The van der Waals surface area contributed by atoms with Gasteiger partial charge >= 0.3 is 5.97 Å². The first-order valence-electron chi connectivity index (χ1n) is 26.7. The van der Waals surface area contributed by atoms with Gasteiger partial charge in [0.25, 0.3) is 18.2 Å². The lowest BCUT2D eigenvalue weighted by Crippen LogP contribution is -2.56. The molecular weight excluding hydrogens is 1050 g/mol. The van der Waals surface area contributed by atoms with Crippen molar-refractivity contribution in [3.8, 4) is 11.1 Å². The molecule has 0 aliphatic carbocycles. The summed E-state index contributed by atoms with van der Waals surface area (Å²) >= 11 is 0. The number of nitrogens with zero attached hydrogens (tertiary/aromatic N) is 3. The molecule has 5 unspecified atom stereocenters. The Morgan fingerprint density at radius 3 is 1.98 bits per heavy atom. The minimum Gasteiger partial charge on any atom is -0.480 e. The maximum Gasteiger partial charge on any atom is 0.326 e. The Labute approximate surface area is 465 Å². The minimum atomic E-state index is -2.79. The molecular formula is C57H80F4N8O11. The van der Waals surface area contributed by atoms with Gasteiger partial charge in [0, 0.05) is 74.7 Å². The van der Waals surface area contributed by atoms with Crippen LogP contribution in [-0.2, 0) is 49.7 Å². The number of carboxylic acids is 1. The molecule has 1 aromatic heterocycles. The number of alkyl halides is 2. The number of ketones is 1. The third-order valence-corrected chi connectivity index (χ3v) is 12.6. The molecule has 2 heterocycles. The molecule has 0 radical (unpaired) electrons. The number of Topliss-reactive ketones (excluding diaryl/α,β-unsaturated/α-hetero) is 1. The number of halogens is 4. The molecule has 23 heteroatoms. The lowest BCUT2D eigenvalue weighted by atomic mass is 9.82. The van der Waals surface area contributed by atoms with E-state index in [1.165, 1.54) is 24.0 Å². The summed E-state index contributed by atoms with van der Waals surface area (Å²) < 4.78 is 53.0. The zero-order chi connectivity index (χ0) is 60.4. The molecule has 3 aromatic rings. The predicted molar refractivity (Wildman–Crippen MR) is 292 cm³/mol. The van der Waals surface area contributed by atoms with Crippen molar-refractivity contribution >= 4 is 53.1 Å². The maximum absolute atomic E-state index is 15.1. The number of aliphatic hydroxyl groups excluding tert-OH is 1. The number of carboxylic acid groups (broad SMARTS) is 1. The Morgan fingerprint density at radius 2 is 1.41 bits per heavy atom. The van der Waals surface area contributed by atoms with Crippen LogP contribution in [-0.4, -0.2) is 135 Å². The molecule has 8 N–H and O–H groups in total. The maximum atomic E-state index is 15.1. The molecule has 4 rings (SSSR count). The van der Waals surface area contributed by atoms with Gasteiger partial charge in [0.05, 0.1) is 12.1 Å². The molecule has 7 amide bonds. The molecule has 1 aliphatic heterocycles. The average molecular weight is 1130 g/mol. The van der Waals surface area contributed by atoms with E-state index < -0.39 is 102 Å². The first-order valence-corrected chi connectivity index (χ1v) is 26.7. The van der Waals surface area contributed by atoms with Gasteiger partial charge in [0.1, 0.15) is 36.4 Å². The number of hydrogen-bond donors (Lipinski definition) is 7. The fraction of sp³-hybridized carbons (Fsp3) is 0.526. The number of nitrogens with two attached hydrogens (primary N) is 1. The van der Waals surface area contributed by atoms with Gasteiger partial charge in [-0.2, -0.15) is 0 Å². The van der Waals surface area contributed by atoms with Gasteiger partial charge < -0.3 is 46.7 Å². The lowest BCUT2D eigenvalue weighted by Gasteiger charge is -2.41. The van der Waals surface area contributed by atoms with Gasteiger partial charge in [-0.3, -0.25) is 43.3 Å². The number of carbonyl (C=O) groups excluding carboxylic acids is 8. The topological polar surface area (TPSA) is 280 Å². The number of hydrogen-bond acceptors (Lipinski definition) is 11. The molecule has 2 aromatic carbocycles. The highest BCUT2D eigenvalue weighted by molar-refractivity contribution is 6.12. The van der Waals surface area contributed by atoms with E-state index in [0.29, 0.717) is 43.5 Å². The second-order valence-electron chi connectivity index (χ2n) is 20.4. The number of carbonyl (C=O) groups is 9. The van der Waals surface area contributed by atoms with Crippen LogP contribution in [0.4, 0.5) is 17.6 Å². The van der Waals surface area contributed by atoms with E-state index in [1.807, 2.05) is 69.5 Å². The number of aliphatic carboxylic acids is 1. The smallest absolute Gasteiger partial charge is 0.326 e. The third-order valence-electron chi connectivity index (χ3n) is 12.6. The second-order valence-corrected chi connectivity index (χ2v) is 20.4. The van der Waals surface area contributed by atoms with Crippen molar-refractivity contribution < 1.29 is 70.9 Å². The Bertz CT molecular complexity index is 2570. The predicted octanol–water partition coefficient (Wildman–Crippen LogP) is 5.96. The SMILES string of the molecule is CC.CC(=O)C(F)F.CC(NC(=O)C(NC(=O)CCCCCN1C(=O)C=CC1=O)C(C)C)C(=O)NC(CCCCNC(=O)C(N)CCN(C(=O)CO)C(c1cc(-c2cc(F)ccc2F)cn1Cc1ccccc1)C(C)(C)C)C(=O)O. The van der Waals surface area contributed by atoms with Crippen LogP contribution in [0.5, 0.6) is 0 Å². The summed E-state index contributed by atoms with van der Waals surface area (Å²) in [6, 6.07) is 9.00. The minimum absolute atomic E-state index is 0.0120. The van der Waals surface area contributed by atoms with Crippen molar-refractivity contribution in [2.45, 2.75) is 157 Å². The number of rotatable bonds is 29. The van der Waals surface area contributed by atoms with E-state index in [-0.39, 0.29) is 68.6 Å². The summed E-state index contributed by atoms with van der Waals surface area (Å²) in [4.78, 5) is 113. The molecule has 5 atom stereocenters. The molecule has 0 saturated heterocycles. The van der Waals surface area contributed by atoms with Crippen LogP contribution in [0.2, 0.25) is 0 Å². The summed E-state index contributed by atoms with van der Waals surface area (Å²) in [6.07, 6.45) is 3.47. The van der Waals surface area contributed by atoms with Gasteiger partial charge in [-0.05, 0) is 86.6 Å². The Hall–Kier alpha value is -7.27. The van der Waals surface area contributed by atoms with E-state index in [4.69, 9.17) is 5.73 Å². The Balaban J connectivity index is 0.00000255. The van der Waals surface area contributed by atoms with E-state index >= 15 is 4.39 Å². The summed E-state index contributed by atoms with van der Waals surface area (Å²) in [5.74, 6) is -7.72. The average Bonchev–Trinajstić information content (AvgIpc) is 3.96. The number of aromatic nitrogens is 1. The summed E-state index contributed by atoms with van der Waals surface area (Å²) in [5, 5.41) is 30.4. The number of nitrogens with one attached hydrogen (secondary N) is 4. The largest absolute Gasteiger partial charge is 0.480 e. The van der Waals surface area contributed by atoms with E-state index in [1.54, 1.807) is 26.1 Å². The molecule has 0 saturated carbocycles. The van der Waals surface area contributed by atoms with Crippen LogP contribution < -0.4 is 27.0 Å². The molecule has 0 spiro atoms. The Morgan fingerprint density at radius 1 is 0.787 bits per heavy atom. The van der Waals surface area contributed by atoms with Crippen molar-refractivity contribution in [3.05, 3.63) is 95.8 Å². The summed E-state index contributed by atoms with van der Waals surface area (Å²) in [7, 11) is 0. The number of imide groups is 1. The van der Waals surface area contributed by atoms with Gasteiger partial charge in [-0.15, -0.1) is 0 Å². The summed E-state index contributed by atoms with van der Waals surface area (Å²) in [6.45, 7) is 15.1. The van der Waals surface area contributed by atoms with E-state index in [2.05, 4.69) is 21.3 Å². The fourth-order valence-corrected chi connectivity index (χ4v) is 8.41. The fourth-order valence-electron chi connectivity index (χ4n) is 8.41. The van der Waals surface area contributed by atoms with Crippen molar-refractivity contribution in [2.75, 3.05) is 26.2 Å². The molecule has 19 nitrogen and oxygen atoms in total. The standard InChI is InChI=1S/C52H70F2N8O10.C3H4F2O.C2H6/c1-32(2)46(59-42(64)18-11-8-14-25-61-43(65)21-22-44(61)66)50(70)57-33(3)48(68)58-40(51(71)72)17-12-13-24-56-49(69)39(55)23-26-62(45(67)31-63)47(52(4,5)6)41-27-35(37-28-36(53)19-20-38(37)54)30-60(41)29-34-15-9-7-10-16-34;1-2(6)3(4)5;1-2/h7,9-10,15-16,19-22,27-28,30,32-33,39-40,46-47,63H,8,11-14,17-18,23-26,29,31,55H2,1-6H3,(H,56,69)(H,57,70)(H,58,68)(H,59,64)(H,71,72);3H,1H3;1-2H3. The quantitative estimate of drug-likeness (QED) is 0.0241. The van der Waals surface area contributed by atoms with Crippen LogP contribution >= 0.6 is 0 Å². The highest BCUT2D eigenvalue weighted by atomic mass is 19.3. The lowest BCUT2D eigenvalue weighted by molar-refractivity contribution is -0.142. The van der Waals surface area contributed by atoms with Crippen LogP contribution in [0.1, 0.15) is 131 Å². The van der Waals surface area contributed by atoms with Crippen molar-refractivity contribution in [2.24, 2.45) is 17.1 Å². The molecule has 80 heavy (non-hydrogen) atoms. The van der Waals surface area contributed by atoms with Crippen molar-refractivity contribution in [3.63, 3.8) is 0 Å². The zero-order valence-corrected chi connectivity index (χ0v) is 47.2. The summed E-state index contributed by atoms with van der Waals surface area (Å²) in [5.41, 5.74) is 7.54. The Kier molecular flexibility index (Phi) is 29.3. The third kappa shape index (κ3) is 22.5. The molecule has 0 bridgehead atoms. The van der Waals surface area contributed by atoms with E-state index in [0.717, 1.165) is 35.6 Å². The van der Waals surface area contributed by atoms with Crippen LogP contribution in [0.15, 0.2) is 72.9 Å². The van der Waals surface area contributed by atoms with Gasteiger partial charge in [0.2, 0.25) is 29.5 Å². The first-order chi connectivity index (χ1) is 37.7. The van der Waals surface area contributed by atoms with Crippen molar-refractivity contribution in [1.29, 1.82) is 0 Å². The van der Waals surface area contributed by atoms with Crippen LogP contribution in [0.3, 0.4) is 0 Å².